The smallest absolute Gasteiger partial charge is 0.326 e. The van der Waals surface area contributed by atoms with Crippen molar-refractivity contribution in [2.45, 2.75) is 97.0 Å². The van der Waals surface area contributed by atoms with Crippen LogP contribution < -0.4 is 5.32 Å². The molecule has 5 aromatic rings. The van der Waals surface area contributed by atoms with Gasteiger partial charge >= 0.3 is 11.9 Å². The normalized spacial score (nSPS) is 14.8. The third-order valence-corrected chi connectivity index (χ3v) is 10.2. The molecule has 0 radical (unpaired) electrons. The van der Waals surface area contributed by atoms with Crippen LogP contribution in [0.1, 0.15) is 75.5 Å². The molecule has 3 aromatic carbocycles. The van der Waals surface area contributed by atoms with E-state index in [2.05, 4.69) is 62.1 Å². The van der Waals surface area contributed by atoms with Crippen LogP contribution in [0, 0.1) is 0 Å². The average Bonchev–Trinajstić information content (AvgIpc) is 4.01. The number of nitrogens with zero attached hydrogens (tertiary/aromatic N) is 6. The minimum atomic E-state index is -0.987. The van der Waals surface area contributed by atoms with E-state index in [9.17, 15) is 24.6 Å². The Morgan fingerprint density at radius 3 is 2.35 bits per heavy atom. The maximum absolute atomic E-state index is 12.7. The highest BCUT2D eigenvalue weighted by molar-refractivity contribution is 6.30. The molecule has 15 heteroatoms. The molecule has 57 heavy (non-hydrogen) atoms. The quantitative estimate of drug-likeness (QED) is 0.0824. The van der Waals surface area contributed by atoms with Gasteiger partial charge in [-0.1, -0.05) is 104 Å². The first-order valence-electron chi connectivity index (χ1n) is 19.4. The molecule has 0 unspecified atom stereocenters. The number of likely N-dealkylation sites (tertiary alicyclic amines) is 1. The lowest BCUT2D eigenvalue weighted by molar-refractivity contribution is -0.150. The SMILES string of the molecule is CCCCc1nc(Cl)c(CO)n1Cc1ccc(-c2ccccc2-c2nn[nH]n2)cc1.CCOC(=O)[C@H](CCc1ccccc1)N[C@@H](C)C(=O)N1CCC[C@H]1C(=O)O. The van der Waals surface area contributed by atoms with Gasteiger partial charge in [-0.3, -0.25) is 14.9 Å². The van der Waals surface area contributed by atoms with Crippen LogP contribution in [0.4, 0.5) is 0 Å². The predicted octanol–water partition coefficient (Wildman–Crippen LogP) is 5.87. The van der Waals surface area contributed by atoms with Gasteiger partial charge in [0.2, 0.25) is 11.7 Å². The Kier molecular flexibility index (Phi) is 15.9. The van der Waals surface area contributed by atoms with Gasteiger partial charge in [-0.25, -0.2) is 9.78 Å². The number of aryl methyl sites for hydroxylation is 2. The minimum absolute atomic E-state index is 0.131. The van der Waals surface area contributed by atoms with Crippen molar-refractivity contribution >= 4 is 29.4 Å². The van der Waals surface area contributed by atoms with Crippen LogP contribution in [-0.2, 0) is 45.1 Å². The molecule has 6 rings (SSSR count). The molecule has 2 aromatic heterocycles. The molecule has 1 amide bonds. The number of aliphatic hydroxyl groups excluding tert-OH is 1. The maximum atomic E-state index is 12.7. The summed E-state index contributed by atoms with van der Waals surface area (Å²) >= 11 is 6.26. The number of aliphatic hydroxyl groups is 1. The number of imidazole rings is 1. The van der Waals surface area contributed by atoms with Crippen molar-refractivity contribution in [1.82, 2.24) is 40.4 Å². The molecule has 0 spiro atoms. The molecule has 0 saturated carbocycles. The number of aromatic amines is 1. The average molecular weight is 799 g/mol. The highest BCUT2D eigenvalue weighted by atomic mass is 35.5. The second-order valence-electron chi connectivity index (χ2n) is 13.8. The van der Waals surface area contributed by atoms with Gasteiger partial charge in [-0.2, -0.15) is 5.21 Å². The third kappa shape index (κ3) is 11.3. The van der Waals surface area contributed by atoms with Crippen LogP contribution >= 0.6 is 11.6 Å². The molecule has 1 saturated heterocycles. The Morgan fingerprint density at radius 2 is 1.70 bits per heavy atom. The lowest BCUT2D eigenvalue weighted by Gasteiger charge is -2.27. The molecule has 1 fully saturated rings. The topological polar surface area (TPSA) is 188 Å². The maximum Gasteiger partial charge on any atom is 0.326 e. The number of carbonyl (C=O) groups is 3. The fourth-order valence-corrected chi connectivity index (χ4v) is 7.18. The molecule has 0 bridgehead atoms. The van der Waals surface area contributed by atoms with Gasteiger partial charge in [0, 0.05) is 25.1 Å². The van der Waals surface area contributed by atoms with Crippen LogP contribution in [0.5, 0.6) is 0 Å². The Morgan fingerprint density at radius 1 is 0.982 bits per heavy atom. The fourth-order valence-electron chi connectivity index (χ4n) is 6.92. The molecule has 1 aliphatic rings. The number of H-pyrrole nitrogens is 1. The van der Waals surface area contributed by atoms with E-state index >= 15 is 0 Å². The second kappa shape index (κ2) is 21.2. The summed E-state index contributed by atoms with van der Waals surface area (Å²) in [4.78, 5) is 42.2. The summed E-state index contributed by atoms with van der Waals surface area (Å²) in [6.45, 7) is 6.72. The van der Waals surface area contributed by atoms with Crippen molar-refractivity contribution in [3.05, 3.63) is 107 Å². The third-order valence-electron chi connectivity index (χ3n) is 9.90. The van der Waals surface area contributed by atoms with Gasteiger partial charge < -0.3 is 24.4 Å². The predicted molar refractivity (Wildman–Crippen MR) is 216 cm³/mol. The Balaban J connectivity index is 0.000000219. The minimum Gasteiger partial charge on any atom is -0.480 e. The van der Waals surface area contributed by atoms with Gasteiger partial charge in [0.1, 0.15) is 17.9 Å². The van der Waals surface area contributed by atoms with E-state index in [4.69, 9.17) is 16.3 Å². The molecule has 3 atom stereocenters. The molecule has 4 N–H and O–H groups in total. The van der Waals surface area contributed by atoms with E-state index < -0.39 is 30.1 Å². The van der Waals surface area contributed by atoms with Gasteiger partial charge in [-0.15, -0.1) is 10.2 Å². The summed E-state index contributed by atoms with van der Waals surface area (Å²) in [6, 6.07) is 24.0. The van der Waals surface area contributed by atoms with Crippen LogP contribution in [0.25, 0.3) is 22.5 Å². The molecular formula is C42H51ClN8O6. The first kappa shape index (κ1) is 42.7. The number of nitrogens with one attached hydrogen (secondary N) is 2. The van der Waals surface area contributed by atoms with Crippen LogP contribution in [-0.4, -0.2) is 94.4 Å². The van der Waals surface area contributed by atoms with Gasteiger partial charge in [0.25, 0.3) is 0 Å². The Bertz CT molecular complexity index is 2040. The first-order chi connectivity index (χ1) is 27.6. The Labute approximate surface area is 337 Å². The van der Waals surface area contributed by atoms with Gasteiger partial charge in [0.15, 0.2) is 5.15 Å². The van der Waals surface area contributed by atoms with Crippen molar-refractivity contribution in [3.63, 3.8) is 0 Å². The number of hydrogen-bond acceptors (Lipinski definition) is 10. The lowest BCUT2D eigenvalue weighted by Crippen LogP contribution is -2.53. The zero-order chi connectivity index (χ0) is 40.7. The summed E-state index contributed by atoms with van der Waals surface area (Å²) in [5, 5.41) is 36.9. The van der Waals surface area contributed by atoms with E-state index in [-0.39, 0.29) is 19.1 Å². The number of esters is 1. The zero-order valence-electron chi connectivity index (χ0n) is 32.6. The summed E-state index contributed by atoms with van der Waals surface area (Å²) in [5.41, 5.74) is 5.89. The van der Waals surface area contributed by atoms with Crippen molar-refractivity contribution in [1.29, 1.82) is 0 Å². The van der Waals surface area contributed by atoms with Crippen molar-refractivity contribution in [2.24, 2.45) is 0 Å². The largest absolute Gasteiger partial charge is 0.480 e. The number of halogens is 1. The number of rotatable bonds is 17. The van der Waals surface area contributed by atoms with Crippen LogP contribution in [0.2, 0.25) is 5.15 Å². The monoisotopic (exact) mass is 798 g/mol. The fraction of sp³-hybridized carbons (Fsp3) is 0.405. The van der Waals surface area contributed by atoms with Crippen LogP contribution in [0.15, 0.2) is 78.9 Å². The van der Waals surface area contributed by atoms with E-state index in [0.29, 0.717) is 55.4 Å². The molecule has 1 aliphatic heterocycles. The van der Waals surface area contributed by atoms with Gasteiger partial charge in [0.05, 0.1) is 24.9 Å². The molecule has 302 valence electrons. The van der Waals surface area contributed by atoms with Crippen molar-refractivity contribution < 1.29 is 29.3 Å². The summed E-state index contributed by atoms with van der Waals surface area (Å²) in [7, 11) is 0. The highest BCUT2D eigenvalue weighted by Crippen LogP contribution is 2.30. The van der Waals surface area contributed by atoms with E-state index in [1.807, 2.05) is 59.2 Å². The zero-order valence-corrected chi connectivity index (χ0v) is 33.4. The number of carboxylic acid groups (broad SMARTS) is 1. The summed E-state index contributed by atoms with van der Waals surface area (Å²) < 4.78 is 7.17. The molecule has 3 heterocycles. The number of aliphatic carboxylic acids is 1. The van der Waals surface area contributed by atoms with E-state index in [1.165, 1.54) is 4.90 Å². The number of ether oxygens (including phenoxy) is 1. The molecule has 14 nitrogen and oxygen atoms in total. The number of hydrogen-bond donors (Lipinski definition) is 4. The number of benzene rings is 3. The van der Waals surface area contributed by atoms with Crippen molar-refractivity contribution in [3.8, 4) is 22.5 Å². The summed E-state index contributed by atoms with van der Waals surface area (Å²) in [6.07, 6.45) is 5.24. The highest BCUT2D eigenvalue weighted by Gasteiger charge is 2.37. The van der Waals surface area contributed by atoms with E-state index in [1.54, 1.807) is 13.8 Å². The number of aromatic nitrogens is 6. The molecular weight excluding hydrogens is 748 g/mol. The summed E-state index contributed by atoms with van der Waals surface area (Å²) in [5.74, 6) is -0.203. The van der Waals surface area contributed by atoms with Gasteiger partial charge in [-0.05, 0) is 73.4 Å². The van der Waals surface area contributed by atoms with Crippen LogP contribution in [0.3, 0.4) is 0 Å². The Hall–Kier alpha value is -5.44. The molecule has 0 aliphatic carbocycles. The number of tetrazole rings is 1. The lowest BCUT2D eigenvalue weighted by atomic mass is 9.98. The standard InChI is InChI=1S/C22H23ClN6O.C20H28N2O5/c1-2-3-8-20-24-21(23)19(14-30)29(20)13-15-9-11-16(12-10-15)17-6-4-5-7-18(17)22-25-27-28-26-22;1-3-27-20(26)16(12-11-15-8-5-4-6-9-15)21-14(2)18(23)22-13-7-10-17(22)19(24)25/h4-7,9-12,30H,2-3,8,13-14H2,1H3,(H,25,26,27,28);4-6,8-9,14,16-17,21H,3,7,10-13H2,1-2H3,(H,24,25)/t;14-,16-,17-/m.0/s1. The number of carboxylic acids is 1. The second-order valence-corrected chi connectivity index (χ2v) is 14.2. The number of carbonyl (C=O) groups excluding carboxylic acids is 2. The first-order valence-corrected chi connectivity index (χ1v) is 19.8. The number of unbranched alkanes of at least 4 members (excludes halogenated alkanes) is 1. The van der Waals surface area contributed by atoms with Crippen molar-refractivity contribution in [2.75, 3.05) is 13.2 Å². The number of amides is 1. The van der Waals surface area contributed by atoms with E-state index in [0.717, 1.165) is 52.9 Å².